The number of aliphatic hydroxyl groups excluding tert-OH is 1. The maximum absolute atomic E-state index is 12.1. The normalized spacial score (nSPS) is 27.6. The predicted molar refractivity (Wildman–Crippen MR) is 63.7 cm³/mol. The van der Waals surface area contributed by atoms with Crippen molar-refractivity contribution in [1.29, 1.82) is 0 Å². The summed E-state index contributed by atoms with van der Waals surface area (Å²) in [7, 11) is -1.35. The van der Waals surface area contributed by atoms with Crippen molar-refractivity contribution >= 4 is 10.0 Å². The Labute approximate surface area is 98.1 Å². The van der Waals surface area contributed by atoms with Crippen LogP contribution in [0.4, 0.5) is 0 Å². The highest BCUT2D eigenvalue weighted by Gasteiger charge is 2.33. The highest BCUT2D eigenvalue weighted by Crippen LogP contribution is 2.17. The van der Waals surface area contributed by atoms with Gasteiger partial charge in [-0.1, -0.05) is 0 Å². The zero-order valence-corrected chi connectivity index (χ0v) is 11.1. The van der Waals surface area contributed by atoms with Crippen molar-refractivity contribution in [2.24, 2.45) is 0 Å². The molecule has 1 fully saturated rings. The highest BCUT2D eigenvalue weighted by atomic mass is 32.2. The van der Waals surface area contributed by atoms with Crippen LogP contribution in [-0.2, 0) is 10.0 Å². The van der Waals surface area contributed by atoms with E-state index < -0.39 is 15.3 Å². The Bertz CT molecular complexity index is 318. The molecule has 1 saturated heterocycles. The van der Waals surface area contributed by atoms with Gasteiger partial charge in [-0.15, -0.1) is 0 Å². The van der Waals surface area contributed by atoms with Crippen molar-refractivity contribution in [3.63, 3.8) is 0 Å². The van der Waals surface area contributed by atoms with Gasteiger partial charge in [-0.05, 0) is 33.9 Å². The van der Waals surface area contributed by atoms with Gasteiger partial charge in [0.2, 0.25) is 10.0 Å². The standard InChI is InChI=1S/C10H22N2O3S/c1-9-7-11(3)5-4-6-12(9)16(14,15)10(2)8-13/h9-10,13H,4-8H2,1-3H3. The molecule has 1 heterocycles. The molecule has 0 aliphatic carbocycles. The van der Waals surface area contributed by atoms with Crippen LogP contribution in [-0.4, -0.2) is 67.3 Å². The van der Waals surface area contributed by atoms with Crippen molar-refractivity contribution < 1.29 is 13.5 Å². The lowest BCUT2D eigenvalue weighted by Crippen LogP contribution is -2.46. The number of rotatable bonds is 3. The smallest absolute Gasteiger partial charge is 0.219 e. The van der Waals surface area contributed by atoms with Crippen molar-refractivity contribution in [2.75, 3.05) is 33.3 Å². The fraction of sp³-hybridized carbons (Fsp3) is 1.00. The first-order valence-corrected chi connectivity index (χ1v) is 7.20. The largest absolute Gasteiger partial charge is 0.395 e. The molecule has 0 aromatic carbocycles. The molecule has 1 N–H and O–H groups in total. The van der Waals surface area contributed by atoms with Gasteiger partial charge in [0.1, 0.15) is 0 Å². The second-order valence-corrected chi connectivity index (χ2v) is 6.92. The van der Waals surface area contributed by atoms with Gasteiger partial charge in [0, 0.05) is 19.1 Å². The molecule has 16 heavy (non-hydrogen) atoms. The van der Waals surface area contributed by atoms with Crippen LogP contribution in [0.3, 0.4) is 0 Å². The Morgan fingerprint density at radius 3 is 2.62 bits per heavy atom. The molecular weight excluding hydrogens is 228 g/mol. The van der Waals surface area contributed by atoms with Crippen molar-refractivity contribution in [2.45, 2.75) is 31.6 Å². The lowest BCUT2D eigenvalue weighted by atomic mass is 10.3. The first kappa shape index (κ1) is 13.9. The number of sulfonamides is 1. The van der Waals surface area contributed by atoms with Gasteiger partial charge < -0.3 is 10.0 Å². The van der Waals surface area contributed by atoms with E-state index in [0.29, 0.717) is 6.54 Å². The summed E-state index contributed by atoms with van der Waals surface area (Å²) in [6, 6.07) is -0.0218. The Morgan fingerprint density at radius 1 is 1.44 bits per heavy atom. The SMILES string of the molecule is CC1CN(C)CCCN1S(=O)(=O)C(C)CO. The summed E-state index contributed by atoms with van der Waals surface area (Å²) in [4.78, 5) is 2.14. The van der Waals surface area contributed by atoms with E-state index in [0.717, 1.165) is 19.5 Å². The van der Waals surface area contributed by atoms with E-state index in [-0.39, 0.29) is 12.6 Å². The van der Waals surface area contributed by atoms with Crippen LogP contribution in [0, 0.1) is 0 Å². The first-order valence-electron chi connectivity index (χ1n) is 5.69. The minimum atomic E-state index is -3.35. The van der Waals surface area contributed by atoms with Crippen LogP contribution in [0.2, 0.25) is 0 Å². The molecule has 0 bridgehead atoms. The molecule has 0 saturated carbocycles. The van der Waals surface area contributed by atoms with E-state index >= 15 is 0 Å². The minimum Gasteiger partial charge on any atom is -0.395 e. The van der Waals surface area contributed by atoms with E-state index in [9.17, 15) is 8.42 Å². The quantitative estimate of drug-likeness (QED) is 0.748. The number of likely N-dealkylation sites (N-methyl/N-ethyl adjacent to an activating group) is 1. The third-order valence-corrected chi connectivity index (χ3v) is 5.44. The topological polar surface area (TPSA) is 60.9 Å². The number of hydrogen-bond acceptors (Lipinski definition) is 4. The Hall–Kier alpha value is -0.170. The van der Waals surface area contributed by atoms with Crippen molar-refractivity contribution in [3.8, 4) is 0 Å². The van der Waals surface area contributed by atoms with Crippen LogP contribution < -0.4 is 0 Å². The molecule has 1 aliphatic heterocycles. The molecule has 1 aliphatic rings. The van der Waals surface area contributed by atoms with Gasteiger partial charge >= 0.3 is 0 Å². The Balaban J connectivity index is 2.85. The summed E-state index contributed by atoms with van der Waals surface area (Å²) >= 11 is 0. The fourth-order valence-electron chi connectivity index (χ4n) is 2.05. The van der Waals surface area contributed by atoms with Crippen molar-refractivity contribution in [3.05, 3.63) is 0 Å². The summed E-state index contributed by atoms with van der Waals surface area (Å²) in [5, 5.41) is 8.28. The summed E-state index contributed by atoms with van der Waals surface area (Å²) in [6.45, 7) is 5.38. The average molecular weight is 250 g/mol. The lowest BCUT2D eigenvalue weighted by molar-refractivity contribution is 0.271. The number of hydrogen-bond donors (Lipinski definition) is 1. The zero-order chi connectivity index (χ0) is 12.3. The van der Waals surface area contributed by atoms with Crippen LogP contribution in [0.15, 0.2) is 0 Å². The summed E-state index contributed by atoms with van der Waals surface area (Å²) < 4.78 is 25.8. The monoisotopic (exact) mass is 250 g/mol. The molecule has 0 aromatic heterocycles. The van der Waals surface area contributed by atoms with E-state index in [1.807, 2.05) is 14.0 Å². The minimum absolute atomic E-state index is 0.0218. The highest BCUT2D eigenvalue weighted by molar-refractivity contribution is 7.89. The van der Waals surface area contributed by atoms with Crippen LogP contribution in [0.5, 0.6) is 0 Å². The van der Waals surface area contributed by atoms with Gasteiger partial charge in [-0.3, -0.25) is 0 Å². The molecule has 6 heteroatoms. The zero-order valence-electron chi connectivity index (χ0n) is 10.3. The lowest BCUT2D eigenvalue weighted by Gasteiger charge is -2.29. The first-order chi connectivity index (χ1) is 7.39. The third kappa shape index (κ3) is 2.94. The van der Waals surface area contributed by atoms with Gasteiger partial charge in [0.15, 0.2) is 0 Å². The van der Waals surface area contributed by atoms with Crippen LogP contribution in [0.25, 0.3) is 0 Å². The van der Waals surface area contributed by atoms with E-state index in [1.165, 1.54) is 4.31 Å². The molecule has 0 aromatic rings. The second-order valence-electron chi connectivity index (χ2n) is 4.61. The Morgan fingerprint density at radius 2 is 2.06 bits per heavy atom. The van der Waals surface area contributed by atoms with Crippen molar-refractivity contribution in [1.82, 2.24) is 9.21 Å². The van der Waals surface area contributed by atoms with Gasteiger partial charge in [0.25, 0.3) is 0 Å². The summed E-state index contributed by atoms with van der Waals surface area (Å²) in [5.74, 6) is 0. The molecule has 0 spiro atoms. The van der Waals surface area contributed by atoms with E-state index in [2.05, 4.69) is 4.90 Å². The number of aliphatic hydroxyl groups is 1. The Kier molecular flexibility index (Phi) is 4.73. The molecule has 0 radical (unpaired) electrons. The maximum Gasteiger partial charge on any atom is 0.219 e. The van der Waals surface area contributed by atoms with Gasteiger partial charge in [0.05, 0.1) is 11.9 Å². The average Bonchev–Trinajstić information content (AvgIpc) is 2.38. The molecule has 0 amide bonds. The molecule has 96 valence electrons. The van der Waals surface area contributed by atoms with Gasteiger partial charge in [-0.2, -0.15) is 4.31 Å². The molecule has 2 atom stereocenters. The van der Waals surface area contributed by atoms with E-state index in [4.69, 9.17) is 5.11 Å². The molecule has 5 nitrogen and oxygen atoms in total. The molecular formula is C10H22N2O3S. The second kappa shape index (κ2) is 5.44. The van der Waals surface area contributed by atoms with E-state index in [1.54, 1.807) is 6.92 Å². The molecule has 2 unspecified atom stereocenters. The molecule has 1 rings (SSSR count). The maximum atomic E-state index is 12.1. The van der Waals surface area contributed by atoms with Crippen LogP contribution >= 0.6 is 0 Å². The third-order valence-electron chi connectivity index (χ3n) is 3.08. The summed E-state index contributed by atoms with van der Waals surface area (Å²) in [6.07, 6.45) is 0.845. The predicted octanol–water partition coefficient (Wildman–Crippen LogP) is -0.277. The fourth-order valence-corrected chi connectivity index (χ4v) is 3.66. The summed E-state index contributed by atoms with van der Waals surface area (Å²) in [5.41, 5.74) is 0. The van der Waals surface area contributed by atoms with Crippen LogP contribution in [0.1, 0.15) is 20.3 Å². The van der Waals surface area contributed by atoms with Gasteiger partial charge in [-0.25, -0.2) is 8.42 Å². The number of nitrogens with zero attached hydrogens (tertiary/aromatic N) is 2.